The van der Waals surface area contributed by atoms with Crippen LogP contribution in [0.2, 0.25) is 0 Å². The SMILES string of the molecule is COC(=O)c1ccccc1NC(=O)COC(=O)c1cccc(C)c1. The van der Waals surface area contributed by atoms with Crippen molar-refractivity contribution in [3.8, 4) is 0 Å². The van der Waals surface area contributed by atoms with E-state index < -0.39 is 24.5 Å². The van der Waals surface area contributed by atoms with E-state index in [1.807, 2.05) is 13.0 Å². The predicted octanol–water partition coefficient (Wildman–Crippen LogP) is 2.58. The third-order valence-corrected chi connectivity index (χ3v) is 3.19. The highest BCUT2D eigenvalue weighted by Gasteiger charge is 2.15. The van der Waals surface area contributed by atoms with Gasteiger partial charge in [0.25, 0.3) is 5.91 Å². The van der Waals surface area contributed by atoms with E-state index in [-0.39, 0.29) is 5.56 Å². The van der Waals surface area contributed by atoms with Crippen molar-refractivity contribution in [2.24, 2.45) is 0 Å². The monoisotopic (exact) mass is 327 g/mol. The van der Waals surface area contributed by atoms with Gasteiger partial charge in [0, 0.05) is 0 Å². The van der Waals surface area contributed by atoms with Gasteiger partial charge in [0.1, 0.15) is 0 Å². The van der Waals surface area contributed by atoms with Gasteiger partial charge in [-0.3, -0.25) is 4.79 Å². The maximum Gasteiger partial charge on any atom is 0.339 e. The Balaban J connectivity index is 1.97. The molecule has 0 saturated carbocycles. The van der Waals surface area contributed by atoms with Crippen molar-refractivity contribution in [2.45, 2.75) is 6.92 Å². The molecule has 2 aromatic rings. The Labute approximate surface area is 139 Å². The number of hydrogen-bond donors (Lipinski definition) is 1. The van der Waals surface area contributed by atoms with Gasteiger partial charge in [0.15, 0.2) is 6.61 Å². The van der Waals surface area contributed by atoms with Crippen LogP contribution in [0.4, 0.5) is 5.69 Å². The van der Waals surface area contributed by atoms with E-state index in [9.17, 15) is 14.4 Å². The number of para-hydroxylation sites is 1. The molecule has 0 unspecified atom stereocenters. The molecule has 0 aliphatic carbocycles. The zero-order valence-corrected chi connectivity index (χ0v) is 13.4. The number of hydrogen-bond acceptors (Lipinski definition) is 5. The van der Waals surface area contributed by atoms with Crippen molar-refractivity contribution < 1.29 is 23.9 Å². The molecule has 124 valence electrons. The van der Waals surface area contributed by atoms with Crippen molar-refractivity contribution >= 4 is 23.5 Å². The van der Waals surface area contributed by atoms with Crippen LogP contribution in [0.25, 0.3) is 0 Å². The lowest BCUT2D eigenvalue weighted by molar-refractivity contribution is -0.119. The summed E-state index contributed by atoms with van der Waals surface area (Å²) in [6, 6.07) is 13.3. The van der Waals surface area contributed by atoms with Gasteiger partial charge in [-0.15, -0.1) is 0 Å². The topological polar surface area (TPSA) is 81.7 Å². The Bertz CT molecular complexity index is 770. The van der Waals surface area contributed by atoms with Crippen LogP contribution in [0.5, 0.6) is 0 Å². The number of ether oxygens (including phenoxy) is 2. The van der Waals surface area contributed by atoms with E-state index in [1.54, 1.807) is 36.4 Å². The van der Waals surface area contributed by atoms with Crippen molar-refractivity contribution in [2.75, 3.05) is 19.0 Å². The first-order chi connectivity index (χ1) is 11.5. The summed E-state index contributed by atoms with van der Waals surface area (Å²) < 4.78 is 9.63. The number of methoxy groups -OCH3 is 1. The minimum absolute atomic E-state index is 0.221. The minimum atomic E-state index is -0.588. The van der Waals surface area contributed by atoms with Crippen molar-refractivity contribution in [3.05, 3.63) is 65.2 Å². The van der Waals surface area contributed by atoms with Crippen LogP contribution < -0.4 is 5.32 Å². The first-order valence-electron chi connectivity index (χ1n) is 7.22. The van der Waals surface area contributed by atoms with Gasteiger partial charge in [-0.1, -0.05) is 29.8 Å². The summed E-state index contributed by atoms with van der Waals surface area (Å²) in [6.45, 7) is 1.40. The fourth-order valence-electron chi connectivity index (χ4n) is 2.05. The van der Waals surface area contributed by atoms with E-state index in [4.69, 9.17) is 4.74 Å². The summed E-state index contributed by atoms with van der Waals surface area (Å²) >= 11 is 0. The Morgan fingerprint density at radius 2 is 1.75 bits per heavy atom. The number of nitrogens with one attached hydrogen (secondary N) is 1. The Hall–Kier alpha value is -3.15. The number of rotatable bonds is 5. The highest BCUT2D eigenvalue weighted by Crippen LogP contribution is 2.16. The quantitative estimate of drug-likeness (QED) is 0.854. The second-order valence-electron chi connectivity index (χ2n) is 5.03. The zero-order valence-electron chi connectivity index (χ0n) is 13.4. The predicted molar refractivity (Wildman–Crippen MR) is 87.9 cm³/mol. The fourth-order valence-corrected chi connectivity index (χ4v) is 2.05. The zero-order chi connectivity index (χ0) is 17.5. The summed E-state index contributed by atoms with van der Waals surface area (Å²) in [5, 5.41) is 2.53. The van der Waals surface area contributed by atoms with Gasteiger partial charge in [-0.05, 0) is 31.2 Å². The minimum Gasteiger partial charge on any atom is -0.465 e. The molecule has 0 atom stereocenters. The largest absolute Gasteiger partial charge is 0.465 e. The number of carbonyl (C=O) groups is 3. The summed E-state index contributed by atoms with van der Waals surface area (Å²) in [4.78, 5) is 35.5. The van der Waals surface area contributed by atoms with Crippen LogP contribution in [-0.4, -0.2) is 31.6 Å². The Morgan fingerprint density at radius 3 is 2.46 bits per heavy atom. The molecule has 0 aromatic heterocycles. The molecule has 0 saturated heterocycles. The molecule has 6 heteroatoms. The summed E-state index contributed by atoms with van der Waals surface area (Å²) in [7, 11) is 1.25. The summed E-state index contributed by atoms with van der Waals surface area (Å²) in [5.74, 6) is -1.70. The van der Waals surface area contributed by atoms with Crippen molar-refractivity contribution in [3.63, 3.8) is 0 Å². The molecule has 0 fully saturated rings. The molecule has 24 heavy (non-hydrogen) atoms. The van der Waals surface area contributed by atoms with Gasteiger partial charge in [0.05, 0.1) is 23.9 Å². The van der Waals surface area contributed by atoms with Crippen LogP contribution in [0.1, 0.15) is 26.3 Å². The van der Waals surface area contributed by atoms with Crippen LogP contribution in [0, 0.1) is 6.92 Å². The lowest BCUT2D eigenvalue weighted by Gasteiger charge is -2.10. The van der Waals surface area contributed by atoms with Crippen LogP contribution >= 0.6 is 0 Å². The van der Waals surface area contributed by atoms with Crippen molar-refractivity contribution in [1.82, 2.24) is 0 Å². The smallest absolute Gasteiger partial charge is 0.339 e. The maximum absolute atomic E-state index is 11.9. The number of benzene rings is 2. The first-order valence-corrected chi connectivity index (χ1v) is 7.22. The summed E-state index contributed by atoms with van der Waals surface area (Å²) in [6.07, 6.45) is 0. The third kappa shape index (κ3) is 4.42. The van der Waals surface area contributed by atoms with E-state index in [2.05, 4.69) is 10.1 Å². The third-order valence-electron chi connectivity index (χ3n) is 3.19. The van der Waals surface area contributed by atoms with Crippen molar-refractivity contribution in [1.29, 1.82) is 0 Å². The number of aryl methyl sites for hydroxylation is 1. The second-order valence-corrected chi connectivity index (χ2v) is 5.03. The molecule has 0 bridgehead atoms. The number of amides is 1. The molecule has 2 rings (SSSR count). The van der Waals surface area contributed by atoms with Crippen LogP contribution in [-0.2, 0) is 14.3 Å². The summed E-state index contributed by atoms with van der Waals surface area (Å²) in [5.41, 5.74) is 1.80. The van der Waals surface area contributed by atoms with E-state index in [1.165, 1.54) is 13.2 Å². The molecular formula is C18H17NO5. The maximum atomic E-state index is 11.9. The Morgan fingerprint density at radius 1 is 1.00 bits per heavy atom. The van der Waals surface area contributed by atoms with Gasteiger partial charge < -0.3 is 14.8 Å². The fraction of sp³-hybridized carbons (Fsp3) is 0.167. The average molecular weight is 327 g/mol. The first kappa shape index (κ1) is 17.2. The lowest BCUT2D eigenvalue weighted by atomic mass is 10.1. The van der Waals surface area contributed by atoms with Crippen LogP contribution in [0.15, 0.2) is 48.5 Å². The molecule has 6 nitrogen and oxygen atoms in total. The van der Waals surface area contributed by atoms with Gasteiger partial charge in [-0.25, -0.2) is 9.59 Å². The molecule has 2 aromatic carbocycles. The van der Waals surface area contributed by atoms with E-state index in [0.29, 0.717) is 11.3 Å². The lowest BCUT2D eigenvalue weighted by Crippen LogP contribution is -2.22. The van der Waals surface area contributed by atoms with E-state index >= 15 is 0 Å². The van der Waals surface area contributed by atoms with E-state index in [0.717, 1.165) is 5.56 Å². The molecule has 0 aliphatic heterocycles. The molecule has 0 aliphatic rings. The standard InChI is InChI=1S/C18H17NO5/c1-12-6-5-7-13(10-12)17(21)24-11-16(20)19-15-9-4-3-8-14(15)18(22)23-2/h3-10H,11H2,1-2H3,(H,19,20). The van der Waals surface area contributed by atoms with Gasteiger partial charge in [0.2, 0.25) is 0 Å². The molecule has 0 radical (unpaired) electrons. The molecular weight excluding hydrogens is 310 g/mol. The molecule has 0 heterocycles. The average Bonchev–Trinajstić information content (AvgIpc) is 2.59. The molecule has 1 N–H and O–H groups in total. The normalized spacial score (nSPS) is 9.92. The second kappa shape index (κ2) is 7.92. The highest BCUT2D eigenvalue weighted by molar-refractivity contribution is 6.02. The van der Waals surface area contributed by atoms with Gasteiger partial charge >= 0.3 is 11.9 Å². The number of anilines is 1. The number of carbonyl (C=O) groups excluding carboxylic acids is 3. The van der Waals surface area contributed by atoms with Gasteiger partial charge in [-0.2, -0.15) is 0 Å². The highest BCUT2D eigenvalue weighted by atomic mass is 16.5. The Kier molecular flexibility index (Phi) is 5.68. The number of esters is 2. The molecule has 1 amide bonds. The van der Waals surface area contributed by atoms with Crippen LogP contribution in [0.3, 0.4) is 0 Å². The molecule has 0 spiro atoms.